The zero-order chi connectivity index (χ0) is 4.41. The van der Waals surface area contributed by atoms with Gasteiger partial charge in [-0.25, -0.2) is 4.79 Å². The van der Waals surface area contributed by atoms with E-state index in [0.717, 1.165) is 0 Å². The van der Waals surface area contributed by atoms with Crippen molar-refractivity contribution in [2.75, 3.05) is 0 Å². The fourth-order valence-electron chi connectivity index (χ4n) is 0.179. The Morgan fingerprint density at radius 1 is 1.67 bits per heavy atom. The van der Waals surface area contributed by atoms with Crippen LogP contribution in [-0.2, 0) is 9.53 Å². The van der Waals surface area contributed by atoms with Gasteiger partial charge >= 0.3 is 6.47 Å². The van der Waals surface area contributed by atoms with Gasteiger partial charge in [0.25, 0.3) is 0 Å². The van der Waals surface area contributed by atoms with Crippen molar-refractivity contribution in [2.45, 2.75) is 6.10 Å². The third-order valence-corrected chi connectivity index (χ3v) is 0.534. The number of rotatable bonds is 2. The minimum atomic E-state index is -0.0255. The first-order valence-corrected chi connectivity index (χ1v) is 1.64. The lowest BCUT2D eigenvalue weighted by atomic mass is 10.8. The van der Waals surface area contributed by atoms with Gasteiger partial charge in [-0.05, 0) is 12.2 Å². The van der Waals surface area contributed by atoms with Crippen LogP contribution in [0, 0.1) is 0 Å². The summed E-state index contributed by atoms with van der Waals surface area (Å²) in [5.41, 5.74) is 0. The van der Waals surface area contributed by atoms with Gasteiger partial charge in [-0.3, -0.25) is 0 Å². The average molecular weight is 83.1 g/mol. The predicted octanol–water partition coefficient (Wildman–Crippen LogP) is 0.00860. The van der Waals surface area contributed by atoms with E-state index >= 15 is 0 Å². The van der Waals surface area contributed by atoms with E-state index in [2.05, 4.69) is 4.74 Å². The van der Waals surface area contributed by atoms with Gasteiger partial charge in [-0.1, -0.05) is 0 Å². The third-order valence-electron chi connectivity index (χ3n) is 0.534. The number of hydrogen-bond donors (Lipinski definition) is 0. The quantitative estimate of drug-likeness (QED) is 0.439. The monoisotopic (exact) mass is 83.0 g/mol. The summed E-state index contributed by atoms with van der Waals surface area (Å²) in [5, 5.41) is 0. The Kier molecular flexibility index (Phi) is 0.638. The molecule has 0 fully saturated rings. The molecule has 0 saturated heterocycles. The minimum absolute atomic E-state index is 0.0255. The predicted molar refractivity (Wildman–Crippen MR) is 19.7 cm³/mol. The van der Waals surface area contributed by atoms with E-state index in [4.69, 9.17) is 0 Å². The van der Waals surface area contributed by atoms with Gasteiger partial charge in [0.2, 0.25) is 0 Å². The molecule has 0 spiro atoms. The molecule has 1 rings (SSSR count). The average Bonchev–Trinajstić information content (AvgIpc) is 2.21. The molecule has 0 aromatic carbocycles. The molecule has 31 valence electrons. The molecule has 1 radical (unpaired) electrons. The first-order chi connectivity index (χ1) is 2.93. The normalized spacial score (nSPS) is 17.3. The van der Waals surface area contributed by atoms with Crippen molar-refractivity contribution in [3.63, 3.8) is 0 Å². The molecular formula is C4H3O2. The Morgan fingerprint density at radius 3 is 2.50 bits per heavy atom. The van der Waals surface area contributed by atoms with Crippen LogP contribution in [-0.4, -0.2) is 12.6 Å². The van der Waals surface area contributed by atoms with Gasteiger partial charge in [0.1, 0.15) is 6.10 Å². The van der Waals surface area contributed by atoms with Crippen LogP contribution in [0.15, 0.2) is 12.2 Å². The van der Waals surface area contributed by atoms with E-state index in [1.54, 1.807) is 12.2 Å². The van der Waals surface area contributed by atoms with Crippen LogP contribution in [0.1, 0.15) is 0 Å². The molecule has 0 atom stereocenters. The molecule has 0 heterocycles. The summed E-state index contributed by atoms with van der Waals surface area (Å²) >= 11 is 0. The summed E-state index contributed by atoms with van der Waals surface area (Å²) in [7, 11) is 0. The number of hydrogen-bond acceptors (Lipinski definition) is 2. The second kappa shape index (κ2) is 1.12. The highest BCUT2D eigenvalue weighted by atomic mass is 16.5. The van der Waals surface area contributed by atoms with Crippen LogP contribution in [0.2, 0.25) is 0 Å². The van der Waals surface area contributed by atoms with E-state index in [0.29, 0.717) is 0 Å². The lowest BCUT2D eigenvalue weighted by Gasteiger charge is -1.82. The number of ether oxygens (including phenoxy) is 1. The van der Waals surface area contributed by atoms with E-state index in [1.807, 2.05) is 0 Å². The SMILES string of the molecule is O=[C]OC1C=C1. The second-order valence-electron chi connectivity index (χ2n) is 1.05. The first kappa shape index (κ1) is 3.40. The lowest BCUT2D eigenvalue weighted by molar-refractivity contribution is 0.284. The maximum atomic E-state index is 9.27. The van der Waals surface area contributed by atoms with Gasteiger partial charge in [0.05, 0.1) is 0 Å². The molecular weight excluding hydrogens is 80.0 g/mol. The summed E-state index contributed by atoms with van der Waals surface area (Å²) in [6, 6.07) is 0. The van der Waals surface area contributed by atoms with Crippen LogP contribution in [0.5, 0.6) is 0 Å². The Labute approximate surface area is 35.4 Å². The largest absolute Gasteiger partial charge is 0.445 e. The maximum Gasteiger partial charge on any atom is 0.418 e. The van der Waals surface area contributed by atoms with E-state index < -0.39 is 0 Å². The van der Waals surface area contributed by atoms with Gasteiger partial charge in [0.15, 0.2) is 0 Å². The smallest absolute Gasteiger partial charge is 0.418 e. The minimum Gasteiger partial charge on any atom is -0.445 e. The number of carbonyl (C=O) groups excluding carboxylic acids is 1. The Bertz CT molecular complexity index is 79.5. The molecule has 2 nitrogen and oxygen atoms in total. The zero-order valence-electron chi connectivity index (χ0n) is 3.05. The zero-order valence-corrected chi connectivity index (χ0v) is 3.05. The van der Waals surface area contributed by atoms with E-state index in [-0.39, 0.29) is 6.10 Å². The molecule has 0 amide bonds. The molecule has 0 N–H and O–H groups in total. The van der Waals surface area contributed by atoms with Gasteiger partial charge in [-0.2, -0.15) is 0 Å². The first-order valence-electron chi connectivity index (χ1n) is 1.64. The molecule has 2 heteroatoms. The topological polar surface area (TPSA) is 26.3 Å². The molecule has 6 heavy (non-hydrogen) atoms. The summed E-state index contributed by atoms with van der Waals surface area (Å²) in [4.78, 5) is 9.27. The van der Waals surface area contributed by atoms with E-state index in [1.165, 1.54) is 6.47 Å². The molecule has 1 aliphatic rings. The van der Waals surface area contributed by atoms with Crippen molar-refractivity contribution < 1.29 is 9.53 Å². The summed E-state index contributed by atoms with van der Waals surface area (Å²) in [6.07, 6.45) is 3.51. The Hall–Kier alpha value is -0.790. The highest BCUT2D eigenvalue weighted by molar-refractivity contribution is 5.41. The van der Waals surface area contributed by atoms with Crippen molar-refractivity contribution in [3.8, 4) is 0 Å². The molecule has 0 bridgehead atoms. The van der Waals surface area contributed by atoms with Crippen molar-refractivity contribution >= 4 is 6.47 Å². The van der Waals surface area contributed by atoms with Crippen LogP contribution in [0.25, 0.3) is 0 Å². The van der Waals surface area contributed by atoms with Gasteiger partial charge < -0.3 is 4.74 Å². The molecule has 0 aliphatic heterocycles. The standard InChI is InChI=1S/C4H3O2/c5-3-6-4-1-2-4/h1-2,4H. The van der Waals surface area contributed by atoms with Crippen LogP contribution < -0.4 is 0 Å². The van der Waals surface area contributed by atoms with Gasteiger partial charge in [-0.15, -0.1) is 0 Å². The third kappa shape index (κ3) is 0.578. The molecule has 0 aromatic heterocycles. The van der Waals surface area contributed by atoms with Crippen molar-refractivity contribution in [2.24, 2.45) is 0 Å². The van der Waals surface area contributed by atoms with Crippen LogP contribution in [0.3, 0.4) is 0 Å². The van der Waals surface area contributed by atoms with E-state index in [9.17, 15) is 4.79 Å². The van der Waals surface area contributed by atoms with Crippen molar-refractivity contribution in [1.29, 1.82) is 0 Å². The fourth-order valence-corrected chi connectivity index (χ4v) is 0.179. The Morgan fingerprint density at radius 2 is 2.33 bits per heavy atom. The highest BCUT2D eigenvalue weighted by Crippen LogP contribution is 2.06. The highest BCUT2D eigenvalue weighted by Gasteiger charge is 2.09. The van der Waals surface area contributed by atoms with Gasteiger partial charge in [0, 0.05) is 0 Å². The second-order valence-corrected chi connectivity index (χ2v) is 1.05. The molecule has 0 saturated carbocycles. The molecule has 1 aliphatic carbocycles. The molecule has 0 aromatic rings. The molecule has 0 unspecified atom stereocenters. The lowest BCUT2D eigenvalue weighted by Crippen LogP contribution is -1.88. The summed E-state index contributed by atoms with van der Waals surface area (Å²) in [5.74, 6) is 0. The van der Waals surface area contributed by atoms with Crippen molar-refractivity contribution in [3.05, 3.63) is 12.2 Å². The Balaban J connectivity index is 2.04. The summed E-state index contributed by atoms with van der Waals surface area (Å²) < 4.78 is 4.24. The van der Waals surface area contributed by atoms with Crippen LogP contribution >= 0.6 is 0 Å². The van der Waals surface area contributed by atoms with Crippen molar-refractivity contribution in [1.82, 2.24) is 0 Å². The fraction of sp³-hybridized carbons (Fsp3) is 0.250. The maximum absolute atomic E-state index is 9.27. The van der Waals surface area contributed by atoms with Crippen LogP contribution in [0.4, 0.5) is 0 Å². The summed E-state index contributed by atoms with van der Waals surface area (Å²) in [6.45, 7) is 1.32.